The van der Waals surface area contributed by atoms with Crippen LogP contribution in [0.1, 0.15) is 48.5 Å². The first kappa shape index (κ1) is 18.3. The average Bonchev–Trinajstić information content (AvgIpc) is 3.24. The topological polar surface area (TPSA) is 70.1 Å². The summed E-state index contributed by atoms with van der Waals surface area (Å²) < 4.78 is 5.42. The van der Waals surface area contributed by atoms with Crippen molar-refractivity contribution >= 4 is 17.6 Å². The van der Waals surface area contributed by atoms with Gasteiger partial charge in [-0.15, -0.1) is 0 Å². The average molecular weight is 372 g/mol. The largest absolute Gasteiger partial charge is 0.481 e. The first-order chi connectivity index (χ1) is 13.0. The number of carboxylic acid groups (broad SMARTS) is 1. The standard InChI is InChI=1S/C21H28N2O4/c1-3-21(20(25)26)13-16-5-7-18(21)23(16)19(24)15-4-6-17(14(2)12-15)22-8-10-27-11-9-22/h4,6,12,16,18H,3,5,7-11,13H2,1-2H3,(H,25,26)/t16-,18+,21+/m0/s1. The molecule has 3 fully saturated rings. The summed E-state index contributed by atoms with van der Waals surface area (Å²) in [6.07, 6.45) is 2.86. The number of hydrogen-bond acceptors (Lipinski definition) is 4. The Labute approximate surface area is 160 Å². The highest BCUT2D eigenvalue weighted by Crippen LogP contribution is 2.52. The molecule has 1 aromatic rings. The van der Waals surface area contributed by atoms with Crippen LogP contribution in [0.25, 0.3) is 0 Å². The summed E-state index contributed by atoms with van der Waals surface area (Å²) in [5, 5.41) is 9.83. The number of anilines is 1. The summed E-state index contributed by atoms with van der Waals surface area (Å²) in [5.41, 5.74) is 2.11. The number of hydrogen-bond donors (Lipinski definition) is 1. The van der Waals surface area contributed by atoms with E-state index in [9.17, 15) is 14.7 Å². The third kappa shape index (κ3) is 2.81. The second-order valence-corrected chi connectivity index (χ2v) is 8.08. The van der Waals surface area contributed by atoms with Crippen LogP contribution in [0.2, 0.25) is 0 Å². The Hall–Kier alpha value is -2.08. The lowest BCUT2D eigenvalue weighted by Crippen LogP contribution is -2.44. The Balaban J connectivity index is 1.58. The molecule has 2 bridgehead atoms. The molecular weight excluding hydrogens is 344 g/mol. The van der Waals surface area contributed by atoms with Crippen LogP contribution in [0.5, 0.6) is 0 Å². The SMILES string of the molecule is CC[C@@]1(C(=O)O)C[C@@H]2CC[C@H]1N2C(=O)c1ccc(N2CCOCC2)c(C)c1. The van der Waals surface area contributed by atoms with Gasteiger partial charge >= 0.3 is 5.97 Å². The zero-order chi connectivity index (χ0) is 19.2. The molecule has 146 valence electrons. The highest BCUT2D eigenvalue weighted by atomic mass is 16.5. The summed E-state index contributed by atoms with van der Waals surface area (Å²) in [6.45, 7) is 7.15. The van der Waals surface area contributed by atoms with Crippen LogP contribution in [-0.4, -0.2) is 60.3 Å². The fourth-order valence-electron chi connectivity index (χ4n) is 5.35. The predicted octanol–water partition coefficient (Wildman–Crippen LogP) is 2.69. The number of morpholine rings is 1. The van der Waals surface area contributed by atoms with E-state index in [-0.39, 0.29) is 18.0 Å². The minimum atomic E-state index is -0.776. The number of fused-ring (bicyclic) bond motifs is 2. The van der Waals surface area contributed by atoms with Crippen molar-refractivity contribution in [3.63, 3.8) is 0 Å². The van der Waals surface area contributed by atoms with Gasteiger partial charge in [0, 0.05) is 36.4 Å². The molecule has 3 saturated heterocycles. The highest BCUT2D eigenvalue weighted by molar-refractivity contribution is 5.96. The maximum atomic E-state index is 13.3. The third-order valence-electron chi connectivity index (χ3n) is 6.83. The van der Waals surface area contributed by atoms with E-state index in [4.69, 9.17) is 4.74 Å². The fourth-order valence-corrected chi connectivity index (χ4v) is 5.35. The van der Waals surface area contributed by atoms with E-state index in [0.29, 0.717) is 18.4 Å². The third-order valence-corrected chi connectivity index (χ3v) is 6.83. The molecule has 1 amide bonds. The quantitative estimate of drug-likeness (QED) is 0.880. The van der Waals surface area contributed by atoms with Gasteiger partial charge in [-0.1, -0.05) is 6.92 Å². The molecule has 4 rings (SSSR count). The van der Waals surface area contributed by atoms with Crippen LogP contribution in [0.3, 0.4) is 0 Å². The molecule has 3 aliphatic rings. The number of aryl methyl sites for hydroxylation is 1. The molecule has 3 heterocycles. The summed E-state index contributed by atoms with van der Waals surface area (Å²) in [5.74, 6) is -0.774. The van der Waals surface area contributed by atoms with Crippen LogP contribution in [-0.2, 0) is 9.53 Å². The van der Waals surface area contributed by atoms with Crippen molar-refractivity contribution in [3.05, 3.63) is 29.3 Å². The highest BCUT2D eigenvalue weighted by Gasteiger charge is 2.60. The molecule has 3 atom stereocenters. The molecule has 0 unspecified atom stereocenters. The van der Waals surface area contributed by atoms with Crippen molar-refractivity contribution in [2.75, 3.05) is 31.2 Å². The van der Waals surface area contributed by atoms with Crippen LogP contribution in [0.4, 0.5) is 5.69 Å². The fraction of sp³-hybridized carbons (Fsp3) is 0.619. The van der Waals surface area contributed by atoms with E-state index in [1.807, 2.05) is 36.9 Å². The second-order valence-electron chi connectivity index (χ2n) is 8.08. The number of aliphatic carboxylic acids is 1. The predicted molar refractivity (Wildman–Crippen MR) is 102 cm³/mol. The minimum Gasteiger partial charge on any atom is -0.481 e. The van der Waals surface area contributed by atoms with Gasteiger partial charge in [0.25, 0.3) is 5.91 Å². The zero-order valence-corrected chi connectivity index (χ0v) is 16.1. The number of ether oxygens (including phenoxy) is 1. The van der Waals surface area contributed by atoms with E-state index in [2.05, 4.69) is 4.90 Å². The van der Waals surface area contributed by atoms with Crippen LogP contribution in [0.15, 0.2) is 18.2 Å². The molecule has 1 aromatic carbocycles. The zero-order valence-electron chi connectivity index (χ0n) is 16.1. The summed E-state index contributed by atoms with van der Waals surface area (Å²) in [4.78, 5) is 29.4. The summed E-state index contributed by atoms with van der Waals surface area (Å²) >= 11 is 0. The lowest BCUT2D eigenvalue weighted by Gasteiger charge is -2.32. The van der Waals surface area contributed by atoms with Gasteiger partial charge < -0.3 is 19.6 Å². The Morgan fingerprint density at radius 3 is 2.59 bits per heavy atom. The number of carboxylic acids is 1. The number of carbonyl (C=O) groups excluding carboxylic acids is 1. The molecule has 0 radical (unpaired) electrons. The van der Waals surface area contributed by atoms with E-state index in [1.54, 1.807) is 0 Å². The van der Waals surface area contributed by atoms with Gasteiger partial charge in [-0.2, -0.15) is 0 Å². The van der Waals surface area contributed by atoms with Gasteiger partial charge in [0.05, 0.1) is 18.6 Å². The molecule has 6 nitrogen and oxygen atoms in total. The monoisotopic (exact) mass is 372 g/mol. The number of nitrogens with zero attached hydrogens (tertiary/aromatic N) is 2. The molecule has 27 heavy (non-hydrogen) atoms. The Morgan fingerprint density at radius 2 is 2.00 bits per heavy atom. The molecular formula is C21H28N2O4. The van der Waals surface area contributed by atoms with Crippen molar-refractivity contribution in [1.82, 2.24) is 4.90 Å². The number of rotatable bonds is 4. The second kappa shape index (κ2) is 6.82. The van der Waals surface area contributed by atoms with Gasteiger partial charge in [0.15, 0.2) is 0 Å². The Morgan fingerprint density at radius 1 is 1.26 bits per heavy atom. The van der Waals surface area contributed by atoms with Crippen LogP contribution in [0, 0.1) is 12.3 Å². The van der Waals surface area contributed by atoms with Gasteiger partial charge in [-0.25, -0.2) is 0 Å². The van der Waals surface area contributed by atoms with Gasteiger partial charge in [0.1, 0.15) is 0 Å². The van der Waals surface area contributed by atoms with E-state index >= 15 is 0 Å². The molecule has 0 spiro atoms. The van der Waals surface area contributed by atoms with Crippen LogP contribution >= 0.6 is 0 Å². The van der Waals surface area contributed by atoms with E-state index in [1.165, 1.54) is 0 Å². The van der Waals surface area contributed by atoms with Crippen molar-refractivity contribution in [2.24, 2.45) is 5.41 Å². The normalized spacial score (nSPS) is 30.0. The first-order valence-corrected chi connectivity index (χ1v) is 9.97. The number of amides is 1. The Bertz CT molecular complexity index is 759. The molecule has 0 aromatic heterocycles. The maximum Gasteiger partial charge on any atom is 0.311 e. The smallest absolute Gasteiger partial charge is 0.311 e. The van der Waals surface area contributed by atoms with Crippen molar-refractivity contribution < 1.29 is 19.4 Å². The summed E-state index contributed by atoms with van der Waals surface area (Å²) in [6, 6.07) is 5.75. The lowest BCUT2D eigenvalue weighted by atomic mass is 9.72. The minimum absolute atomic E-state index is 0.0179. The first-order valence-electron chi connectivity index (χ1n) is 9.97. The number of carbonyl (C=O) groups is 2. The van der Waals surface area contributed by atoms with Gasteiger partial charge in [-0.05, 0) is 56.4 Å². The van der Waals surface area contributed by atoms with Crippen molar-refractivity contribution in [2.45, 2.75) is 51.6 Å². The van der Waals surface area contributed by atoms with Crippen molar-refractivity contribution in [1.29, 1.82) is 0 Å². The lowest BCUT2D eigenvalue weighted by molar-refractivity contribution is -0.151. The molecule has 0 aliphatic carbocycles. The molecule has 1 N–H and O–H groups in total. The van der Waals surface area contributed by atoms with E-state index in [0.717, 1.165) is 50.4 Å². The number of benzene rings is 1. The Kier molecular flexibility index (Phi) is 4.62. The molecule has 3 aliphatic heterocycles. The molecule has 6 heteroatoms. The van der Waals surface area contributed by atoms with Gasteiger partial charge in [-0.3, -0.25) is 9.59 Å². The summed E-state index contributed by atoms with van der Waals surface area (Å²) in [7, 11) is 0. The van der Waals surface area contributed by atoms with Gasteiger partial charge in [0.2, 0.25) is 0 Å². The van der Waals surface area contributed by atoms with Crippen LogP contribution < -0.4 is 4.90 Å². The van der Waals surface area contributed by atoms with E-state index < -0.39 is 11.4 Å². The van der Waals surface area contributed by atoms with Crippen molar-refractivity contribution in [3.8, 4) is 0 Å². The maximum absolute atomic E-state index is 13.3. The molecule has 0 saturated carbocycles.